The van der Waals surface area contributed by atoms with Crippen molar-refractivity contribution in [1.82, 2.24) is 15.2 Å². The van der Waals surface area contributed by atoms with Gasteiger partial charge in [0.1, 0.15) is 17.0 Å². The predicted molar refractivity (Wildman–Crippen MR) is 104 cm³/mol. The number of rotatable bonds is 1. The fourth-order valence-electron chi connectivity index (χ4n) is 3.57. The Labute approximate surface area is 150 Å². The molecule has 0 aliphatic rings. The minimum absolute atomic E-state index is 0.113. The number of hydrogen-bond donors (Lipinski definition) is 3. The Kier molecular flexibility index (Phi) is 2.99. The third kappa shape index (κ3) is 1.89. The summed E-state index contributed by atoms with van der Waals surface area (Å²) in [6.45, 7) is 2.03. The Balaban J connectivity index is 2.03. The van der Waals surface area contributed by atoms with Crippen molar-refractivity contribution in [2.45, 2.75) is 6.92 Å². The molecule has 3 heterocycles. The van der Waals surface area contributed by atoms with E-state index in [0.29, 0.717) is 22.0 Å². The number of aromatic amines is 2. The van der Waals surface area contributed by atoms with Gasteiger partial charge in [-0.25, -0.2) is 4.39 Å². The van der Waals surface area contributed by atoms with Gasteiger partial charge in [0.2, 0.25) is 0 Å². The number of H-pyrrole nitrogens is 2. The third-order valence-corrected chi connectivity index (χ3v) is 5.74. The number of benzene rings is 2. The van der Waals surface area contributed by atoms with Crippen molar-refractivity contribution in [3.63, 3.8) is 0 Å². The number of fused-ring (bicyclic) bond motifs is 4. The summed E-state index contributed by atoms with van der Waals surface area (Å²) in [5, 5.41) is 11.1. The fraction of sp³-hybridized carbons (Fsp3) is 0.0526. The van der Waals surface area contributed by atoms with Crippen LogP contribution in [0.5, 0.6) is 0 Å². The van der Waals surface area contributed by atoms with E-state index >= 15 is 0 Å². The molecule has 0 aliphatic heterocycles. The lowest BCUT2D eigenvalue weighted by Crippen LogP contribution is -2.13. The Bertz CT molecular complexity index is 1400. The third-order valence-electron chi connectivity index (χ3n) is 4.80. The van der Waals surface area contributed by atoms with Crippen LogP contribution < -0.4 is 11.3 Å². The summed E-state index contributed by atoms with van der Waals surface area (Å²) in [5.41, 5.74) is 9.36. The van der Waals surface area contributed by atoms with Crippen LogP contribution in [0.25, 0.3) is 43.0 Å². The van der Waals surface area contributed by atoms with Gasteiger partial charge in [0.25, 0.3) is 5.56 Å². The van der Waals surface area contributed by atoms with Crippen molar-refractivity contribution in [3.8, 4) is 11.1 Å². The lowest BCUT2D eigenvalue weighted by atomic mass is 9.95. The van der Waals surface area contributed by atoms with Gasteiger partial charge in [0, 0.05) is 16.3 Å². The first-order chi connectivity index (χ1) is 12.6. The molecule has 0 unspecified atom stereocenters. The maximum absolute atomic E-state index is 14.1. The monoisotopic (exact) mass is 364 g/mol. The summed E-state index contributed by atoms with van der Waals surface area (Å²) in [5.74, 6) is -0.397. The normalized spacial score (nSPS) is 11.8. The molecule has 5 aromatic rings. The van der Waals surface area contributed by atoms with Gasteiger partial charge in [-0.05, 0) is 47.0 Å². The van der Waals surface area contributed by atoms with Crippen LogP contribution in [0.1, 0.15) is 5.56 Å². The molecule has 128 valence electrons. The van der Waals surface area contributed by atoms with E-state index in [1.807, 2.05) is 24.4 Å². The van der Waals surface area contributed by atoms with Crippen LogP contribution >= 0.6 is 11.3 Å². The van der Waals surface area contributed by atoms with E-state index in [2.05, 4.69) is 15.2 Å². The number of halogens is 1. The number of nitrogens with two attached hydrogens (primary N) is 1. The number of anilines is 1. The van der Waals surface area contributed by atoms with Gasteiger partial charge in [-0.3, -0.25) is 9.89 Å². The molecule has 3 aromatic heterocycles. The molecule has 0 aliphatic carbocycles. The summed E-state index contributed by atoms with van der Waals surface area (Å²) in [4.78, 5) is 15.5. The maximum atomic E-state index is 14.1. The molecule has 26 heavy (non-hydrogen) atoms. The number of aromatic nitrogens is 3. The Morgan fingerprint density at radius 1 is 1.15 bits per heavy atom. The highest BCUT2D eigenvalue weighted by Gasteiger charge is 2.19. The molecule has 5 rings (SSSR count). The lowest BCUT2D eigenvalue weighted by molar-refractivity contribution is 0.636. The number of pyridine rings is 1. The van der Waals surface area contributed by atoms with E-state index in [-0.39, 0.29) is 11.2 Å². The zero-order chi connectivity index (χ0) is 18.0. The Hall–Kier alpha value is -3.19. The number of aryl methyl sites for hydroxylation is 1. The minimum Gasteiger partial charge on any atom is -0.394 e. The second kappa shape index (κ2) is 5.15. The number of thiophene rings is 1. The zero-order valence-electron chi connectivity index (χ0n) is 13.7. The molecule has 0 bridgehead atoms. The topological polar surface area (TPSA) is 87.6 Å². The van der Waals surface area contributed by atoms with Gasteiger partial charge in [0.15, 0.2) is 0 Å². The largest absolute Gasteiger partial charge is 0.394 e. The summed E-state index contributed by atoms with van der Waals surface area (Å²) in [7, 11) is 0. The standard InChI is InChI=1S/C19H13FN4OS/c1-8-6-11-14(10-2-3-13(20)16-12(10)7-22-24-16)15(21)19(25)23-17(11)18-9(8)4-5-26-18/h2-7H,21H2,1H3,(H,22,24)(H,23,25). The molecule has 4 N–H and O–H groups in total. The molecule has 7 heteroatoms. The molecule has 0 fully saturated rings. The van der Waals surface area contributed by atoms with Crippen LogP contribution in [0, 0.1) is 12.7 Å². The Morgan fingerprint density at radius 2 is 2.00 bits per heavy atom. The van der Waals surface area contributed by atoms with Gasteiger partial charge in [0.05, 0.1) is 16.4 Å². The van der Waals surface area contributed by atoms with Crippen molar-refractivity contribution >= 4 is 48.9 Å². The van der Waals surface area contributed by atoms with Gasteiger partial charge >= 0.3 is 0 Å². The average molecular weight is 364 g/mol. The molecule has 0 radical (unpaired) electrons. The number of hydrogen-bond acceptors (Lipinski definition) is 4. The Morgan fingerprint density at radius 3 is 2.85 bits per heavy atom. The van der Waals surface area contributed by atoms with Crippen LogP contribution in [0.2, 0.25) is 0 Å². The van der Waals surface area contributed by atoms with Crippen LogP contribution in [-0.4, -0.2) is 15.2 Å². The highest BCUT2D eigenvalue weighted by molar-refractivity contribution is 7.18. The fourth-order valence-corrected chi connectivity index (χ4v) is 4.55. The molecule has 0 atom stereocenters. The van der Waals surface area contributed by atoms with Crippen molar-refractivity contribution < 1.29 is 4.39 Å². The van der Waals surface area contributed by atoms with E-state index in [9.17, 15) is 9.18 Å². The van der Waals surface area contributed by atoms with E-state index in [1.165, 1.54) is 6.07 Å². The molecule has 2 aromatic carbocycles. The highest BCUT2D eigenvalue weighted by Crippen LogP contribution is 2.40. The molecule has 5 nitrogen and oxygen atoms in total. The molecular weight excluding hydrogens is 351 g/mol. The van der Waals surface area contributed by atoms with Crippen LogP contribution in [0.15, 0.2) is 40.6 Å². The molecule has 0 saturated heterocycles. The summed E-state index contributed by atoms with van der Waals surface area (Å²) < 4.78 is 15.1. The number of nitrogen functional groups attached to an aromatic ring is 1. The van der Waals surface area contributed by atoms with Crippen molar-refractivity contribution in [1.29, 1.82) is 0 Å². The second-order valence-corrected chi connectivity index (χ2v) is 7.19. The molecular formula is C19H13FN4OS. The van der Waals surface area contributed by atoms with E-state index < -0.39 is 5.82 Å². The van der Waals surface area contributed by atoms with Gasteiger partial charge in [-0.15, -0.1) is 11.3 Å². The van der Waals surface area contributed by atoms with Gasteiger partial charge in [-0.1, -0.05) is 6.07 Å². The van der Waals surface area contributed by atoms with Crippen LogP contribution in [-0.2, 0) is 0 Å². The minimum atomic E-state index is -0.397. The number of nitrogens with zero attached hydrogens (tertiary/aromatic N) is 1. The van der Waals surface area contributed by atoms with Crippen molar-refractivity contribution in [2.24, 2.45) is 0 Å². The van der Waals surface area contributed by atoms with Crippen molar-refractivity contribution in [3.05, 3.63) is 57.6 Å². The summed E-state index contributed by atoms with van der Waals surface area (Å²) >= 11 is 1.57. The first-order valence-corrected chi connectivity index (χ1v) is 8.88. The van der Waals surface area contributed by atoms with E-state index in [1.54, 1.807) is 23.6 Å². The second-order valence-electron chi connectivity index (χ2n) is 6.28. The summed E-state index contributed by atoms with van der Waals surface area (Å²) in [6.07, 6.45) is 1.55. The predicted octanol–water partition coefficient (Wildman–Crippen LogP) is 4.32. The molecule has 0 spiro atoms. The number of nitrogens with one attached hydrogen (secondary N) is 2. The summed E-state index contributed by atoms with van der Waals surface area (Å²) in [6, 6.07) is 7.06. The van der Waals surface area contributed by atoms with Gasteiger partial charge in [-0.2, -0.15) is 5.10 Å². The lowest BCUT2D eigenvalue weighted by Gasteiger charge is -2.13. The average Bonchev–Trinajstić information content (AvgIpc) is 3.29. The van der Waals surface area contributed by atoms with E-state index in [0.717, 1.165) is 26.6 Å². The molecule has 0 saturated carbocycles. The van der Waals surface area contributed by atoms with Crippen LogP contribution in [0.3, 0.4) is 0 Å². The quantitative estimate of drug-likeness (QED) is 0.414. The van der Waals surface area contributed by atoms with E-state index in [4.69, 9.17) is 5.73 Å². The van der Waals surface area contributed by atoms with Crippen molar-refractivity contribution in [2.75, 3.05) is 5.73 Å². The SMILES string of the molecule is Cc1cc2c(-c3ccc(F)c4[nH]ncc34)c(N)c(=O)[nH]c2c2sccc12. The highest BCUT2D eigenvalue weighted by atomic mass is 32.1. The van der Waals surface area contributed by atoms with Crippen LogP contribution in [0.4, 0.5) is 10.1 Å². The van der Waals surface area contributed by atoms with Gasteiger partial charge < -0.3 is 10.7 Å². The first-order valence-electron chi connectivity index (χ1n) is 8.00. The maximum Gasteiger partial charge on any atom is 0.272 e. The smallest absolute Gasteiger partial charge is 0.272 e. The first kappa shape index (κ1) is 15.1. The molecule has 0 amide bonds. The zero-order valence-corrected chi connectivity index (χ0v) is 14.5.